The molecule has 10 heteroatoms. The molecule has 2 heterocycles. The summed E-state index contributed by atoms with van der Waals surface area (Å²) in [5, 5.41) is 11.2. The lowest BCUT2D eigenvalue weighted by atomic mass is 10.1. The van der Waals surface area contributed by atoms with Crippen LogP contribution in [0.4, 0.5) is 17.1 Å². The number of nitro groups is 1. The summed E-state index contributed by atoms with van der Waals surface area (Å²) in [6.07, 6.45) is 1.35. The molecule has 0 radical (unpaired) electrons. The summed E-state index contributed by atoms with van der Waals surface area (Å²) < 4.78 is 5.85. The van der Waals surface area contributed by atoms with E-state index in [-0.39, 0.29) is 27.2 Å². The molecule has 0 saturated carbocycles. The maximum absolute atomic E-state index is 13.6. The number of thiocarbonyl (C=S) groups is 1. The van der Waals surface area contributed by atoms with Gasteiger partial charge in [-0.3, -0.25) is 29.5 Å². The number of carbonyl (C=O) groups is 2. The molecule has 5 rings (SSSR count). The van der Waals surface area contributed by atoms with Crippen LogP contribution in [0.1, 0.15) is 5.76 Å². The highest BCUT2D eigenvalue weighted by atomic mass is 35.5. The van der Waals surface area contributed by atoms with Gasteiger partial charge in [0.25, 0.3) is 17.5 Å². The Morgan fingerprint density at radius 1 is 0.838 bits per heavy atom. The Morgan fingerprint density at radius 2 is 1.41 bits per heavy atom. The second-order valence-corrected chi connectivity index (χ2v) is 8.69. The van der Waals surface area contributed by atoms with Gasteiger partial charge < -0.3 is 4.42 Å². The highest BCUT2D eigenvalue weighted by Crippen LogP contribution is 2.34. The minimum absolute atomic E-state index is 0.0299. The molecule has 3 aromatic carbocycles. The normalized spacial score (nSPS) is 13.8. The molecular formula is C27H16ClN3O5S. The van der Waals surface area contributed by atoms with Crippen LogP contribution in [0.15, 0.2) is 101 Å². The highest BCUT2D eigenvalue weighted by molar-refractivity contribution is 7.81. The minimum Gasteiger partial charge on any atom is -0.457 e. The van der Waals surface area contributed by atoms with Gasteiger partial charge >= 0.3 is 0 Å². The molecule has 0 N–H and O–H groups in total. The van der Waals surface area contributed by atoms with Crippen molar-refractivity contribution < 1.29 is 18.9 Å². The zero-order chi connectivity index (χ0) is 26.1. The van der Waals surface area contributed by atoms with Gasteiger partial charge in [0.1, 0.15) is 17.1 Å². The minimum atomic E-state index is -0.598. The number of furan rings is 1. The molecule has 0 spiro atoms. The van der Waals surface area contributed by atoms with Crippen molar-refractivity contribution in [3.05, 3.63) is 117 Å². The van der Waals surface area contributed by atoms with Crippen molar-refractivity contribution in [1.29, 1.82) is 0 Å². The third kappa shape index (κ3) is 4.53. The van der Waals surface area contributed by atoms with Crippen molar-refractivity contribution in [1.82, 2.24) is 0 Å². The van der Waals surface area contributed by atoms with Gasteiger partial charge in [0.15, 0.2) is 5.11 Å². The van der Waals surface area contributed by atoms with Crippen LogP contribution in [-0.2, 0) is 9.59 Å². The van der Waals surface area contributed by atoms with E-state index in [0.29, 0.717) is 22.7 Å². The van der Waals surface area contributed by atoms with Gasteiger partial charge in [-0.15, -0.1) is 0 Å². The average molecular weight is 530 g/mol. The van der Waals surface area contributed by atoms with Crippen LogP contribution in [0.25, 0.3) is 17.4 Å². The summed E-state index contributed by atoms with van der Waals surface area (Å²) in [5.41, 5.74) is 1.14. The van der Waals surface area contributed by atoms with E-state index in [0.717, 1.165) is 0 Å². The Kier molecular flexibility index (Phi) is 6.39. The van der Waals surface area contributed by atoms with E-state index in [1.807, 2.05) is 12.1 Å². The standard InChI is InChI=1S/C27H16ClN3O5S/c28-23-15-19(31(34)35)11-13-21(23)24-14-12-20(36-24)16-22-25(32)29(17-7-3-1-4-8-17)27(37)30(26(22)33)18-9-5-2-6-10-18/h1-16H. The number of benzene rings is 3. The molecule has 4 aromatic rings. The smallest absolute Gasteiger partial charge is 0.270 e. The van der Waals surface area contributed by atoms with Crippen molar-refractivity contribution in [2.24, 2.45) is 0 Å². The van der Waals surface area contributed by atoms with E-state index in [1.54, 1.807) is 60.7 Å². The first-order valence-corrected chi connectivity index (χ1v) is 11.7. The Hall–Kier alpha value is -4.60. The van der Waals surface area contributed by atoms with E-state index >= 15 is 0 Å². The van der Waals surface area contributed by atoms with Crippen molar-refractivity contribution in [3.63, 3.8) is 0 Å². The van der Waals surface area contributed by atoms with Gasteiger partial charge in [-0.1, -0.05) is 48.0 Å². The van der Waals surface area contributed by atoms with Crippen LogP contribution in [-0.4, -0.2) is 21.9 Å². The molecule has 37 heavy (non-hydrogen) atoms. The second-order valence-electron chi connectivity index (χ2n) is 7.92. The fourth-order valence-corrected chi connectivity index (χ4v) is 4.52. The lowest BCUT2D eigenvalue weighted by Crippen LogP contribution is -2.56. The molecule has 1 aliphatic heterocycles. The molecule has 8 nitrogen and oxygen atoms in total. The molecule has 1 fully saturated rings. The number of halogens is 1. The number of nitrogens with zero attached hydrogens (tertiary/aromatic N) is 3. The molecule has 1 aromatic heterocycles. The summed E-state index contributed by atoms with van der Waals surface area (Å²) in [7, 11) is 0. The number of hydrogen-bond acceptors (Lipinski definition) is 6. The molecule has 2 amide bonds. The monoisotopic (exact) mass is 529 g/mol. The van der Waals surface area contributed by atoms with Crippen LogP contribution in [0.5, 0.6) is 0 Å². The van der Waals surface area contributed by atoms with Crippen LogP contribution >= 0.6 is 23.8 Å². The highest BCUT2D eigenvalue weighted by Gasteiger charge is 2.41. The lowest BCUT2D eigenvalue weighted by Gasteiger charge is -2.36. The Balaban J connectivity index is 1.57. The first-order valence-electron chi connectivity index (χ1n) is 10.9. The van der Waals surface area contributed by atoms with Crippen LogP contribution in [0.2, 0.25) is 5.02 Å². The Labute approximate surface area is 221 Å². The summed E-state index contributed by atoms with van der Waals surface area (Å²) in [6, 6.07) is 24.8. The van der Waals surface area contributed by atoms with Gasteiger partial charge in [0.2, 0.25) is 0 Å². The molecular weight excluding hydrogens is 514 g/mol. The first kappa shape index (κ1) is 24.1. The van der Waals surface area contributed by atoms with Crippen LogP contribution in [0.3, 0.4) is 0 Å². The van der Waals surface area contributed by atoms with Gasteiger partial charge in [-0.05, 0) is 60.8 Å². The Bertz CT molecular complexity index is 1520. The van der Waals surface area contributed by atoms with Gasteiger partial charge in [0.05, 0.1) is 21.3 Å². The summed E-state index contributed by atoms with van der Waals surface area (Å²) in [4.78, 5) is 40.2. The molecule has 0 unspecified atom stereocenters. The summed E-state index contributed by atoms with van der Waals surface area (Å²) in [6.45, 7) is 0. The number of hydrogen-bond donors (Lipinski definition) is 0. The van der Waals surface area contributed by atoms with E-state index in [2.05, 4.69) is 0 Å². The fraction of sp³-hybridized carbons (Fsp3) is 0. The van der Waals surface area contributed by atoms with E-state index in [4.69, 9.17) is 28.2 Å². The molecule has 1 saturated heterocycles. The molecule has 0 bridgehead atoms. The van der Waals surface area contributed by atoms with Crippen molar-refractivity contribution in [2.75, 3.05) is 9.80 Å². The number of nitro benzene ring substituents is 1. The maximum Gasteiger partial charge on any atom is 0.270 e. The number of non-ortho nitro benzene ring substituents is 1. The predicted octanol–water partition coefficient (Wildman–Crippen LogP) is 6.26. The van der Waals surface area contributed by atoms with E-state index < -0.39 is 16.7 Å². The zero-order valence-corrected chi connectivity index (χ0v) is 20.5. The number of rotatable bonds is 5. The third-order valence-corrected chi connectivity index (χ3v) is 6.30. The average Bonchev–Trinajstić information content (AvgIpc) is 3.36. The zero-order valence-electron chi connectivity index (χ0n) is 18.9. The van der Waals surface area contributed by atoms with Crippen molar-refractivity contribution >= 4 is 63.9 Å². The second kappa shape index (κ2) is 9.81. The SMILES string of the molecule is O=C1C(=Cc2ccc(-c3ccc([N+](=O)[O-])cc3Cl)o2)C(=O)N(c2ccccc2)C(=S)N1c1ccccc1. The molecule has 182 valence electrons. The lowest BCUT2D eigenvalue weighted by molar-refractivity contribution is -0.384. The van der Waals surface area contributed by atoms with Crippen molar-refractivity contribution in [2.45, 2.75) is 0 Å². The van der Waals surface area contributed by atoms with Crippen molar-refractivity contribution in [3.8, 4) is 11.3 Å². The number of carbonyl (C=O) groups excluding carboxylic acids is 2. The fourth-order valence-electron chi connectivity index (χ4n) is 3.87. The van der Waals surface area contributed by atoms with Crippen LogP contribution in [0, 0.1) is 10.1 Å². The van der Waals surface area contributed by atoms with E-state index in [9.17, 15) is 19.7 Å². The molecule has 0 aliphatic carbocycles. The predicted molar refractivity (Wildman–Crippen MR) is 144 cm³/mol. The third-order valence-electron chi connectivity index (χ3n) is 5.62. The summed E-state index contributed by atoms with van der Waals surface area (Å²) >= 11 is 11.8. The van der Waals surface area contributed by atoms with Gasteiger partial charge in [-0.2, -0.15) is 0 Å². The first-order chi connectivity index (χ1) is 17.8. The quantitative estimate of drug-likeness (QED) is 0.0995. The molecule has 1 aliphatic rings. The van der Waals surface area contributed by atoms with E-state index in [1.165, 1.54) is 34.1 Å². The largest absolute Gasteiger partial charge is 0.457 e. The number of amides is 2. The Morgan fingerprint density at radius 3 is 1.92 bits per heavy atom. The number of anilines is 2. The maximum atomic E-state index is 13.6. The van der Waals surface area contributed by atoms with Crippen LogP contribution < -0.4 is 9.80 Å². The summed E-state index contributed by atoms with van der Waals surface area (Å²) in [5.74, 6) is -0.660. The van der Waals surface area contributed by atoms with Gasteiger partial charge in [-0.25, -0.2) is 0 Å². The number of para-hydroxylation sites is 2. The topological polar surface area (TPSA) is 96.9 Å². The molecule has 0 atom stereocenters. The van der Waals surface area contributed by atoms with Gasteiger partial charge in [0, 0.05) is 17.7 Å².